The SMILES string of the molecule is CCC1Oc2c(OC)cc(C=O)cc2N(CC(N)=O)C1=O. The molecular formula is C14H16N2O5. The van der Waals surface area contributed by atoms with Crippen molar-refractivity contribution in [1.29, 1.82) is 0 Å². The lowest BCUT2D eigenvalue weighted by Crippen LogP contribution is -2.49. The number of aldehydes is 1. The van der Waals surface area contributed by atoms with Gasteiger partial charge in [-0.3, -0.25) is 19.3 Å². The third kappa shape index (κ3) is 2.67. The van der Waals surface area contributed by atoms with E-state index in [1.807, 2.05) is 0 Å². The second-order valence-corrected chi connectivity index (χ2v) is 4.59. The third-order valence-corrected chi connectivity index (χ3v) is 3.19. The Morgan fingerprint density at radius 1 is 1.52 bits per heavy atom. The fourth-order valence-electron chi connectivity index (χ4n) is 2.21. The fraction of sp³-hybridized carbons (Fsp3) is 0.357. The first-order chi connectivity index (χ1) is 10.0. The molecule has 0 saturated heterocycles. The molecule has 1 aromatic carbocycles. The minimum absolute atomic E-state index is 0.281. The largest absolute Gasteiger partial charge is 0.493 e. The average Bonchev–Trinajstić information content (AvgIpc) is 2.48. The lowest BCUT2D eigenvalue weighted by atomic mass is 10.1. The highest BCUT2D eigenvalue weighted by atomic mass is 16.5. The summed E-state index contributed by atoms with van der Waals surface area (Å²) in [4.78, 5) is 35.8. The predicted octanol–water partition coefficient (Wildman–Crippen LogP) is 0.497. The molecule has 1 aromatic rings. The van der Waals surface area contributed by atoms with E-state index >= 15 is 0 Å². The minimum atomic E-state index is -0.715. The average molecular weight is 292 g/mol. The van der Waals surface area contributed by atoms with Crippen molar-refractivity contribution in [3.05, 3.63) is 17.7 Å². The van der Waals surface area contributed by atoms with Gasteiger partial charge in [0.15, 0.2) is 17.6 Å². The van der Waals surface area contributed by atoms with Crippen LogP contribution in [0.25, 0.3) is 0 Å². The number of carbonyl (C=O) groups is 3. The summed E-state index contributed by atoms with van der Waals surface area (Å²) in [5.74, 6) is -0.360. The summed E-state index contributed by atoms with van der Waals surface area (Å²) in [7, 11) is 1.43. The van der Waals surface area contributed by atoms with Crippen molar-refractivity contribution in [2.75, 3.05) is 18.6 Å². The van der Waals surface area contributed by atoms with Crippen LogP contribution in [0, 0.1) is 0 Å². The van der Waals surface area contributed by atoms with Crippen LogP contribution < -0.4 is 20.1 Å². The highest BCUT2D eigenvalue weighted by Gasteiger charge is 2.36. The summed E-state index contributed by atoms with van der Waals surface area (Å²) >= 11 is 0. The minimum Gasteiger partial charge on any atom is -0.493 e. The van der Waals surface area contributed by atoms with E-state index in [1.165, 1.54) is 24.1 Å². The van der Waals surface area contributed by atoms with Gasteiger partial charge in [0.05, 0.1) is 12.8 Å². The molecule has 1 aliphatic heterocycles. The van der Waals surface area contributed by atoms with Gasteiger partial charge in [0.25, 0.3) is 5.91 Å². The molecule has 0 radical (unpaired) electrons. The summed E-state index contributed by atoms with van der Waals surface area (Å²) in [5.41, 5.74) is 5.82. The van der Waals surface area contributed by atoms with E-state index in [0.717, 1.165) is 0 Å². The molecule has 2 amide bonds. The topological polar surface area (TPSA) is 98.9 Å². The van der Waals surface area contributed by atoms with Gasteiger partial charge >= 0.3 is 0 Å². The highest BCUT2D eigenvalue weighted by Crippen LogP contribution is 2.42. The molecule has 0 bridgehead atoms. The molecule has 1 atom stereocenters. The molecule has 0 fully saturated rings. The van der Waals surface area contributed by atoms with Gasteiger partial charge in [-0.05, 0) is 18.6 Å². The summed E-state index contributed by atoms with van der Waals surface area (Å²) in [5, 5.41) is 0. The molecule has 0 aromatic heterocycles. The maximum Gasteiger partial charge on any atom is 0.268 e. The molecule has 0 saturated carbocycles. The van der Waals surface area contributed by atoms with Crippen molar-refractivity contribution >= 4 is 23.8 Å². The molecule has 21 heavy (non-hydrogen) atoms. The van der Waals surface area contributed by atoms with E-state index < -0.39 is 12.0 Å². The number of methoxy groups -OCH3 is 1. The van der Waals surface area contributed by atoms with Gasteiger partial charge < -0.3 is 15.2 Å². The second kappa shape index (κ2) is 5.82. The van der Waals surface area contributed by atoms with Crippen molar-refractivity contribution in [3.63, 3.8) is 0 Å². The van der Waals surface area contributed by atoms with Crippen molar-refractivity contribution in [2.24, 2.45) is 5.73 Å². The standard InChI is InChI=1S/C14H16N2O5/c1-3-10-14(19)16(6-12(15)18)9-4-8(7-17)5-11(20-2)13(9)21-10/h4-5,7,10H,3,6H2,1-2H3,(H2,15,18). The first-order valence-corrected chi connectivity index (χ1v) is 6.45. The number of carbonyl (C=O) groups excluding carboxylic acids is 3. The van der Waals surface area contributed by atoms with Crippen molar-refractivity contribution in [3.8, 4) is 11.5 Å². The van der Waals surface area contributed by atoms with Gasteiger partial charge in [-0.15, -0.1) is 0 Å². The van der Waals surface area contributed by atoms with Crippen LogP contribution in [-0.4, -0.2) is 37.9 Å². The van der Waals surface area contributed by atoms with Crippen molar-refractivity contribution in [2.45, 2.75) is 19.4 Å². The van der Waals surface area contributed by atoms with E-state index in [4.69, 9.17) is 15.2 Å². The third-order valence-electron chi connectivity index (χ3n) is 3.19. The monoisotopic (exact) mass is 292 g/mol. The van der Waals surface area contributed by atoms with E-state index in [0.29, 0.717) is 35.5 Å². The predicted molar refractivity (Wildman–Crippen MR) is 74.6 cm³/mol. The maximum atomic E-state index is 12.3. The zero-order valence-electron chi connectivity index (χ0n) is 11.8. The zero-order chi connectivity index (χ0) is 15.6. The Morgan fingerprint density at radius 2 is 2.24 bits per heavy atom. The van der Waals surface area contributed by atoms with Crippen LogP contribution in [0.4, 0.5) is 5.69 Å². The number of amides is 2. The van der Waals surface area contributed by atoms with Gasteiger partial charge in [-0.2, -0.15) is 0 Å². The van der Waals surface area contributed by atoms with Crippen LogP contribution in [0.3, 0.4) is 0 Å². The van der Waals surface area contributed by atoms with Crippen LogP contribution in [0.1, 0.15) is 23.7 Å². The maximum absolute atomic E-state index is 12.3. The molecule has 2 rings (SSSR count). The van der Waals surface area contributed by atoms with E-state index in [9.17, 15) is 14.4 Å². The molecule has 1 heterocycles. The molecule has 1 unspecified atom stereocenters. The lowest BCUT2D eigenvalue weighted by Gasteiger charge is -2.34. The second-order valence-electron chi connectivity index (χ2n) is 4.59. The molecule has 112 valence electrons. The van der Waals surface area contributed by atoms with Gasteiger partial charge in [0.2, 0.25) is 5.91 Å². The number of rotatable bonds is 5. The Labute approximate surface area is 121 Å². The highest BCUT2D eigenvalue weighted by molar-refractivity contribution is 6.04. The molecule has 7 nitrogen and oxygen atoms in total. The molecule has 0 aliphatic carbocycles. The van der Waals surface area contributed by atoms with E-state index in [2.05, 4.69) is 0 Å². The van der Waals surface area contributed by atoms with Crippen LogP contribution in [-0.2, 0) is 9.59 Å². The number of nitrogens with zero attached hydrogens (tertiary/aromatic N) is 1. The number of nitrogens with two attached hydrogens (primary N) is 1. The summed E-state index contributed by atoms with van der Waals surface area (Å²) in [6.45, 7) is 1.51. The number of ether oxygens (including phenoxy) is 2. The van der Waals surface area contributed by atoms with Crippen LogP contribution >= 0.6 is 0 Å². The first kappa shape index (κ1) is 14.8. The molecule has 7 heteroatoms. The number of fused-ring (bicyclic) bond motifs is 1. The van der Waals surface area contributed by atoms with Crippen LogP contribution in [0.2, 0.25) is 0 Å². The number of hydrogen-bond donors (Lipinski definition) is 1. The lowest BCUT2D eigenvalue weighted by molar-refractivity contribution is -0.128. The van der Waals surface area contributed by atoms with E-state index in [1.54, 1.807) is 6.92 Å². The van der Waals surface area contributed by atoms with Gasteiger partial charge in [-0.1, -0.05) is 6.92 Å². The number of anilines is 1. The molecule has 1 aliphatic rings. The Hall–Kier alpha value is -2.57. The Bertz CT molecular complexity index is 599. The Kier molecular flexibility index (Phi) is 4.11. The van der Waals surface area contributed by atoms with Gasteiger partial charge in [-0.25, -0.2) is 0 Å². The van der Waals surface area contributed by atoms with Crippen LogP contribution in [0.5, 0.6) is 11.5 Å². The van der Waals surface area contributed by atoms with Gasteiger partial charge in [0, 0.05) is 5.56 Å². The number of primary amides is 1. The Balaban J connectivity index is 2.60. The van der Waals surface area contributed by atoms with Crippen LogP contribution in [0.15, 0.2) is 12.1 Å². The molecule has 2 N–H and O–H groups in total. The fourth-order valence-corrected chi connectivity index (χ4v) is 2.21. The quantitative estimate of drug-likeness (QED) is 0.797. The summed E-state index contributed by atoms with van der Waals surface area (Å²) < 4.78 is 10.8. The normalized spacial score (nSPS) is 17.0. The first-order valence-electron chi connectivity index (χ1n) is 6.45. The molecule has 0 spiro atoms. The van der Waals surface area contributed by atoms with Gasteiger partial charge in [0.1, 0.15) is 12.8 Å². The van der Waals surface area contributed by atoms with Crippen molar-refractivity contribution < 1.29 is 23.9 Å². The number of hydrogen-bond acceptors (Lipinski definition) is 5. The smallest absolute Gasteiger partial charge is 0.268 e. The Morgan fingerprint density at radius 3 is 2.76 bits per heavy atom. The van der Waals surface area contributed by atoms with Crippen molar-refractivity contribution in [1.82, 2.24) is 0 Å². The molecular weight excluding hydrogens is 276 g/mol. The summed E-state index contributed by atoms with van der Waals surface area (Å²) in [6.07, 6.45) is 0.348. The number of benzene rings is 1. The van der Waals surface area contributed by atoms with E-state index in [-0.39, 0.29) is 12.5 Å². The zero-order valence-corrected chi connectivity index (χ0v) is 11.8. The summed E-state index contributed by atoms with van der Waals surface area (Å²) in [6, 6.07) is 2.98.